The SMILES string of the molecule is C[C@H](C(=O)NCC1CCC(c2nc(N(C)C)ncc2-c2ccncc2)CC1)c1ccccc1. The predicted molar refractivity (Wildman–Crippen MR) is 132 cm³/mol. The lowest BCUT2D eigenvalue weighted by Gasteiger charge is -2.30. The molecule has 6 nitrogen and oxygen atoms in total. The van der Waals surface area contributed by atoms with E-state index in [1.54, 1.807) is 0 Å². The zero-order chi connectivity index (χ0) is 23.2. The quantitative estimate of drug-likeness (QED) is 0.568. The standard InChI is InChI=1S/C27H33N5O/c1-19(21-7-5-4-6-8-21)26(33)29-17-20-9-11-23(12-10-20)25-24(22-13-15-28-16-14-22)18-30-27(31-25)32(2)3/h4-8,13-16,18-20,23H,9-12,17H2,1-3H3,(H,29,33)/t19-,20?,23?/m0/s1. The Morgan fingerprint density at radius 1 is 1.06 bits per heavy atom. The number of pyridine rings is 1. The maximum absolute atomic E-state index is 12.6. The van der Waals surface area contributed by atoms with Crippen molar-refractivity contribution in [2.45, 2.75) is 44.4 Å². The van der Waals surface area contributed by atoms with Crippen LogP contribution < -0.4 is 10.2 Å². The number of benzene rings is 1. The van der Waals surface area contributed by atoms with Gasteiger partial charge in [0.2, 0.25) is 11.9 Å². The van der Waals surface area contributed by atoms with Crippen molar-refractivity contribution in [2.24, 2.45) is 5.92 Å². The summed E-state index contributed by atoms with van der Waals surface area (Å²) in [6.45, 7) is 2.71. The van der Waals surface area contributed by atoms with Gasteiger partial charge in [-0.3, -0.25) is 9.78 Å². The average Bonchev–Trinajstić information content (AvgIpc) is 2.87. The van der Waals surface area contributed by atoms with Gasteiger partial charge < -0.3 is 10.2 Å². The van der Waals surface area contributed by atoms with E-state index in [9.17, 15) is 4.79 Å². The fraction of sp³-hybridized carbons (Fsp3) is 0.407. The fourth-order valence-electron chi connectivity index (χ4n) is 4.60. The van der Waals surface area contributed by atoms with Gasteiger partial charge >= 0.3 is 0 Å². The highest BCUT2D eigenvalue weighted by Gasteiger charge is 2.27. The van der Waals surface area contributed by atoms with Crippen molar-refractivity contribution in [1.82, 2.24) is 20.3 Å². The van der Waals surface area contributed by atoms with E-state index in [2.05, 4.69) is 15.3 Å². The van der Waals surface area contributed by atoms with E-state index in [0.29, 0.717) is 11.8 Å². The van der Waals surface area contributed by atoms with Crippen LogP contribution in [0.3, 0.4) is 0 Å². The van der Waals surface area contributed by atoms with Crippen LogP contribution in [0.25, 0.3) is 11.1 Å². The predicted octanol–water partition coefficient (Wildman–Crippen LogP) is 4.80. The van der Waals surface area contributed by atoms with E-state index in [4.69, 9.17) is 4.98 Å². The largest absolute Gasteiger partial charge is 0.355 e. The number of amides is 1. The number of hydrogen-bond donors (Lipinski definition) is 1. The molecule has 172 valence electrons. The average molecular weight is 444 g/mol. The van der Waals surface area contributed by atoms with Crippen molar-refractivity contribution >= 4 is 11.9 Å². The Hall–Kier alpha value is -3.28. The van der Waals surface area contributed by atoms with Gasteiger partial charge in [-0.15, -0.1) is 0 Å². The van der Waals surface area contributed by atoms with Crippen molar-refractivity contribution < 1.29 is 4.79 Å². The molecule has 3 aromatic rings. The number of rotatable bonds is 7. The summed E-state index contributed by atoms with van der Waals surface area (Å²) in [6, 6.07) is 14.0. The number of nitrogens with zero attached hydrogens (tertiary/aromatic N) is 4. The first-order valence-electron chi connectivity index (χ1n) is 11.8. The van der Waals surface area contributed by atoms with Crippen molar-refractivity contribution in [3.05, 3.63) is 72.3 Å². The Bertz CT molecular complexity index is 1050. The summed E-state index contributed by atoms with van der Waals surface area (Å²) in [5.74, 6) is 1.62. The highest BCUT2D eigenvalue weighted by molar-refractivity contribution is 5.83. The van der Waals surface area contributed by atoms with Crippen molar-refractivity contribution in [3.8, 4) is 11.1 Å². The Labute approximate surface area is 196 Å². The number of nitrogens with one attached hydrogen (secondary N) is 1. The number of hydrogen-bond acceptors (Lipinski definition) is 5. The van der Waals surface area contributed by atoms with Gasteiger partial charge in [-0.2, -0.15) is 0 Å². The zero-order valence-corrected chi connectivity index (χ0v) is 19.7. The number of aromatic nitrogens is 3. The smallest absolute Gasteiger partial charge is 0.227 e. The Morgan fingerprint density at radius 3 is 2.42 bits per heavy atom. The summed E-state index contributed by atoms with van der Waals surface area (Å²) in [4.78, 5) is 28.3. The summed E-state index contributed by atoms with van der Waals surface area (Å²) in [6.07, 6.45) is 9.88. The molecule has 2 aromatic heterocycles. The summed E-state index contributed by atoms with van der Waals surface area (Å²) in [7, 11) is 3.95. The first-order valence-corrected chi connectivity index (χ1v) is 11.8. The maximum Gasteiger partial charge on any atom is 0.227 e. The van der Waals surface area contributed by atoms with Gasteiger partial charge in [0.15, 0.2) is 0 Å². The highest BCUT2D eigenvalue weighted by Crippen LogP contribution is 2.39. The lowest BCUT2D eigenvalue weighted by molar-refractivity contribution is -0.122. The molecule has 2 heterocycles. The zero-order valence-electron chi connectivity index (χ0n) is 19.7. The molecule has 0 saturated heterocycles. The van der Waals surface area contributed by atoms with Gasteiger partial charge in [0.05, 0.1) is 11.6 Å². The van der Waals surface area contributed by atoms with Crippen LogP contribution >= 0.6 is 0 Å². The van der Waals surface area contributed by atoms with E-state index < -0.39 is 0 Å². The molecule has 1 aromatic carbocycles. The second-order valence-corrected chi connectivity index (χ2v) is 9.19. The normalized spacial score (nSPS) is 19.0. The van der Waals surface area contributed by atoms with E-state index in [1.165, 1.54) is 0 Å². The molecule has 0 radical (unpaired) electrons. The Kier molecular flexibility index (Phi) is 7.33. The third-order valence-electron chi connectivity index (χ3n) is 6.69. The minimum atomic E-state index is -0.129. The lowest BCUT2D eigenvalue weighted by atomic mass is 9.79. The molecule has 0 aliphatic heterocycles. The van der Waals surface area contributed by atoms with Gasteiger partial charge in [-0.25, -0.2) is 9.97 Å². The first kappa shape index (κ1) is 22.9. The number of anilines is 1. The van der Waals surface area contributed by atoms with Crippen LogP contribution in [-0.4, -0.2) is 41.5 Å². The molecule has 1 amide bonds. The molecule has 6 heteroatoms. The number of carbonyl (C=O) groups excluding carboxylic acids is 1. The molecule has 1 saturated carbocycles. The minimum absolute atomic E-state index is 0.106. The second-order valence-electron chi connectivity index (χ2n) is 9.19. The van der Waals surface area contributed by atoms with Crippen LogP contribution in [0, 0.1) is 5.92 Å². The van der Waals surface area contributed by atoms with E-state index in [1.807, 2.05) is 87.0 Å². The lowest BCUT2D eigenvalue weighted by Crippen LogP contribution is -2.33. The van der Waals surface area contributed by atoms with Crippen molar-refractivity contribution in [1.29, 1.82) is 0 Å². The molecule has 1 atom stereocenters. The molecule has 33 heavy (non-hydrogen) atoms. The molecule has 0 unspecified atom stereocenters. The van der Waals surface area contributed by atoms with Gasteiger partial charge in [0.1, 0.15) is 0 Å². The van der Waals surface area contributed by atoms with E-state index in [0.717, 1.165) is 60.6 Å². The van der Waals surface area contributed by atoms with E-state index >= 15 is 0 Å². The van der Waals surface area contributed by atoms with Crippen LogP contribution in [-0.2, 0) is 4.79 Å². The van der Waals surface area contributed by atoms with Crippen LogP contribution in [0.15, 0.2) is 61.1 Å². The van der Waals surface area contributed by atoms with Crippen LogP contribution in [0.2, 0.25) is 0 Å². The molecule has 0 spiro atoms. The van der Waals surface area contributed by atoms with Crippen LogP contribution in [0.4, 0.5) is 5.95 Å². The van der Waals surface area contributed by atoms with Gasteiger partial charge in [-0.05, 0) is 61.8 Å². The Morgan fingerprint density at radius 2 is 1.76 bits per heavy atom. The molecule has 1 aliphatic rings. The molecule has 1 N–H and O–H groups in total. The molecule has 1 aliphatic carbocycles. The summed E-state index contributed by atoms with van der Waals surface area (Å²) in [5, 5.41) is 3.19. The van der Waals surface area contributed by atoms with Crippen molar-refractivity contribution in [3.63, 3.8) is 0 Å². The van der Waals surface area contributed by atoms with Gasteiger partial charge in [-0.1, -0.05) is 30.3 Å². The second kappa shape index (κ2) is 10.6. The third-order valence-corrected chi connectivity index (χ3v) is 6.69. The molecule has 1 fully saturated rings. The minimum Gasteiger partial charge on any atom is -0.355 e. The molecule has 4 rings (SSSR count). The highest BCUT2D eigenvalue weighted by atomic mass is 16.1. The fourth-order valence-corrected chi connectivity index (χ4v) is 4.60. The summed E-state index contributed by atoms with van der Waals surface area (Å²) in [5.41, 5.74) is 4.38. The van der Waals surface area contributed by atoms with Gasteiger partial charge in [0, 0.05) is 50.7 Å². The molecular weight excluding hydrogens is 410 g/mol. The van der Waals surface area contributed by atoms with Gasteiger partial charge in [0.25, 0.3) is 0 Å². The van der Waals surface area contributed by atoms with E-state index in [-0.39, 0.29) is 11.8 Å². The maximum atomic E-state index is 12.6. The Balaban J connectivity index is 1.39. The topological polar surface area (TPSA) is 71.0 Å². The van der Waals surface area contributed by atoms with Crippen LogP contribution in [0.5, 0.6) is 0 Å². The van der Waals surface area contributed by atoms with Crippen LogP contribution in [0.1, 0.15) is 55.7 Å². The first-order chi connectivity index (χ1) is 16.0. The molecule has 0 bridgehead atoms. The monoisotopic (exact) mass is 443 g/mol. The van der Waals surface area contributed by atoms with Crippen molar-refractivity contribution in [2.75, 3.05) is 25.5 Å². The third kappa shape index (κ3) is 5.56. The summed E-state index contributed by atoms with van der Waals surface area (Å²) >= 11 is 0. The summed E-state index contributed by atoms with van der Waals surface area (Å²) < 4.78 is 0. The number of carbonyl (C=O) groups is 1. The molecular formula is C27H33N5O.